The fourth-order valence-corrected chi connectivity index (χ4v) is 6.16. The molecule has 2 N–H and O–H groups in total. The number of hydrogen-bond acceptors (Lipinski definition) is 5. The molecule has 188 valence electrons. The van der Waals surface area contributed by atoms with E-state index in [-0.39, 0.29) is 12.0 Å². The second kappa shape index (κ2) is 12.2. The lowest BCUT2D eigenvalue weighted by Gasteiger charge is -2.40. The summed E-state index contributed by atoms with van der Waals surface area (Å²) in [7, 11) is -3.18. The summed E-state index contributed by atoms with van der Waals surface area (Å²) >= 11 is 6.45. The molecule has 1 aromatic carbocycles. The maximum Gasteiger partial charge on any atom is 0.211 e. The third-order valence-electron chi connectivity index (χ3n) is 7.10. The number of halogens is 1. The molecular formula is C26H39ClN4O2S. The van der Waals surface area contributed by atoms with Gasteiger partial charge in [0.1, 0.15) is 0 Å². The van der Waals surface area contributed by atoms with Gasteiger partial charge in [0.15, 0.2) is 0 Å². The molecule has 0 spiro atoms. The van der Waals surface area contributed by atoms with Crippen LogP contribution in [0.2, 0.25) is 5.02 Å². The van der Waals surface area contributed by atoms with Gasteiger partial charge in [-0.3, -0.25) is 0 Å². The molecule has 2 heterocycles. The van der Waals surface area contributed by atoms with Crippen molar-refractivity contribution in [1.82, 2.24) is 19.8 Å². The largest absolute Gasteiger partial charge is 0.384 e. The van der Waals surface area contributed by atoms with Crippen LogP contribution in [0.1, 0.15) is 43.7 Å². The van der Waals surface area contributed by atoms with Gasteiger partial charge < -0.3 is 15.5 Å². The average Bonchev–Trinajstić information content (AvgIpc) is 2.83. The molecule has 0 bridgehead atoms. The molecular weight excluding hydrogens is 468 g/mol. The lowest BCUT2D eigenvalue weighted by atomic mass is 9.73. The van der Waals surface area contributed by atoms with Crippen LogP contribution in [0.25, 0.3) is 6.08 Å². The molecule has 2 unspecified atom stereocenters. The monoisotopic (exact) mass is 506 g/mol. The summed E-state index contributed by atoms with van der Waals surface area (Å²) in [4.78, 5) is 2.33. The molecule has 0 radical (unpaired) electrons. The van der Waals surface area contributed by atoms with Gasteiger partial charge in [-0.25, -0.2) is 12.7 Å². The molecule has 2 aliphatic rings. The van der Waals surface area contributed by atoms with Crippen LogP contribution >= 0.6 is 11.6 Å². The topological polar surface area (TPSA) is 64.7 Å². The average molecular weight is 507 g/mol. The number of nitrogens with zero attached hydrogens (tertiary/aromatic N) is 2. The van der Waals surface area contributed by atoms with E-state index in [1.165, 1.54) is 17.4 Å². The second-order valence-electron chi connectivity index (χ2n) is 9.28. The van der Waals surface area contributed by atoms with E-state index in [0.717, 1.165) is 44.6 Å². The zero-order valence-corrected chi connectivity index (χ0v) is 22.2. The summed E-state index contributed by atoms with van der Waals surface area (Å²) in [6.45, 7) is 13.2. The number of piperidine rings is 1. The van der Waals surface area contributed by atoms with E-state index in [1.54, 1.807) is 10.5 Å². The Labute approximate surface area is 210 Å². The van der Waals surface area contributed by atoms with Gasteiger partial charge in [0.05, 0.1) is 12.3 Å². The number of rotatable bonds is 9. The fourth-order valence-electron chi connectivity index (χ4n) is 5.11. The van der Waals surface area contributed by atoms with Crippen molar-refractivity contribution < 1.29 is 8.42 Å². The smallest absolute Gasteiger partial charge is 0.211 e. The minimum absolute atomic E-state index is 0.0600. The number of benzene rings is 1. The number of nitrogens with one attached hydrogen (secondary N) is 2. The first-order valence-electron chi connectivity index (χ1n) is 12.1. The van der Waals surface area contributed by atoms with Crippen molar-refractivity contribution in [3.8, 4) is 0 Å². The van der Waals surface area contributed by atoms with Crippen molar-refractivity contribution in [3.63, 3.8) is 0 Å². The Balaban J connectivity index is 2.00. The first kappa shape index (κ1) is 26.8. The quantitative estimate of drug-likeness (QED) is 0.495. The number of hydrogen-bond donors (Lipinski definition) is 2. The molecule has 0 saturated carbocycles. The Morgan fingerprint density at radius 3 is 2.50 bits per heavy atom. The van der Waals surface area contributed by atoms with Gasteiger partial charge in [0, 0.05) is 50.2 Å². The Morgan fingerprint density at radius 1 is 1.24 bits per heavy atom. The number of allylic oxidation sites excluding steroid dienone is 1. The molecule has 0 amide bonds. The summed E-state index contributed by atoms with van der Waals surface area (Å²) in [5.41, 5.74) is 3.58. The number of piperazine rings is 1. The van der Waals surface area contributed by atoms with Gasteiger partial charge in [-0.2, -0.15) is 0 Å². The van der Waals surface area contributed by atoms with Crippen LogP contribution < -0.4 is 10.6 Å². The minimum Gasteiger partial charge on any atom is -0.384 e. The normalized spacial score (nSPS) is 20.9. The van der Waals surface area contributed by atoms with Gasteiger partial charge in [-0.1, -0.05) is 35.9 Å². The molecule has 8 heteroatoms. The molecule has 34 heavy (non-hydrogen) atoms. The molecule has 6 nitrogen and oxygen atoms in total. The highest BCUT2D eigenvalue weighted by atomic mass is 35.5. The Kier molecular flexibility index (Phi) is 9.65. The summed E-state index contributed by atoms with van der Waals surface area (Å²) < 4.78 is 25.8. The zero-order chi connectivity index (χ0) is 24.7. The fraction of sp³-hybridized carbons (Fsp3) is 0.538. The second-order valence-corrected chi connectivity index (χ2v) is 11.7. The predicted octanol–water partition coefficient (Wildman–Crippen LogP) is 4.04. The summed E-state index contributed by atoms with van der Waals surface area (Å²) in [5.74, 6) is 0.466. The molecule has 1 aromatic rings. The van der Waals surface area contributed by atoms with Gasteiger partial charge in [-0.15, -0.1) is 0 Å². The van der Waals surface area contributed by atoms with Crippen LogP contribution in [0.4, 0.5) is 0 Å². The Bertz CT molecular complexity index is 994. The van der Waals surface area contributed by atoms with Crippen molar-refractivity contribution in [3.05, 3.63) is 65.0 Å². The summed E-state index contributed by atoms with van der Waals surface area (Å²) in [5, 5.41) is 7.61. The lowest BCUT2D eigenvalue weighted by molar-refractivity contribution is 0.229. The van der Waals surface area contributed by atoms with Crippen LogP contribution in [0, 0.1) is 5.92 Å². The van der Waals surface area contributed by atoms with Crippen LogP contribution in [0.3, 0.4) is 0 Å². The first-order valence-corrected chi connectivity index (χ1v) is 14.3. The standard InChI is InChI=1S/C26H39ClN4O2S/c1-5-20(3)26(29-6-2)25(21-10-15-31(16-11-21)34(4,32)33)24-8-7-23(27)19-22(24)9-14-30-17-12-28-13-18-30/h5-9,14,19,21,25-26,28-29H,2,10-13,15-18H2,1,3-4H3/b14-9+,20-5-. The Morgan fingerprint density at radius 2 is 1.91 bits per heavy atom. The van der Waals surface area contributed by atoms with Crippen LogP contribution in [0.5, 0.6) is 0 Å². The first-order chi connectivity index (χ1) is 16.2. The van der Waals surface area contributed by atoms with E-state index in [4.69, 9.17) is 11.6 Å². The van der Waals surface area contributed by atoms with Crippen molar-refractivity contribution >= 4 is 27.7 Å². The third-order valence-corrected chi connectivity index (χ3v) is 8.64. The zero-order valence-electron chi connectivity index (χ0n) is 20.6. The maximum atomic E-state index is 12.1. The maximum absolute atomic E-state index is 12.1. The van der Waals surface area contributed by atoms with Crippen molar-refractivity contribution in [2.75, 3.05) is 45.5 Å². The van der Waals surface area contributed by atoms with E-state index in [0.29, 0.717) is 24.0 Å². The molecule has 2 atom stereocenters. The molecule has 0 aromatic heterocycles. The van der Waals surface area contributed by atoms with Crippen LogP contribution in [-0.2, 0) is 10.0 Å². The van der Waals surface area contributed by atoms with Gasteiger partial charge in [0.2, 0.25) is 10.0 Å². The summed E-state index contributed by atoms with van der Waals surface area (Å²) in [6.07, 6.45) is 11.2. The van der Waals surface area contributed by atoms with E-state index >= 15 is 0 Å². The molecule has 0 aliphatic carbocycles. The predicted molar refractivity (Wildman–Crippen MR) is 143 cm³/mol. The molecule has 2 aliphatic heterocycles. The van der Waals surface area contributed by atoms with Crippen molar-refractivity contribution in [2.24, 2.45) is 5.92 Å². The van der Waals surface area contributed by atoms with Crippen molar-refractivity contribution in [2.45, 2.75) is 38.6 Å². The number of sulfonamides is 1. The van der Waals surface area contributed by atoms with E-state index < -0.39 is 10.0 Å². The summed E-state index contributed by atoms with van der Waals surface area (Å²) in [6, 6.07) is 6.22. The highest BCUT2D eigenvalue weighted by Gasteiger charge is 2.36. The van der Waals surface area contributed by atoms with Crippen LogP contribution in [0.15, 0.2) is 48.8 Å². The van der Waals surface area contributed by atoms with Crippen molar-refractivity contribution in [1.29, 1.82) is 0 Å². The highest BCUT2D eigenvalue weighted by Crippen LogP contribution is 2.40. The van der Waals surface area contributed by atoms with Gasteiger partial charge >= 0.3 is 0 Å². The van der Waals surface area contributed by atoms with E-state index in [9.17, 15) is 8.42 Å². The SMILES string of the molecule is C=CNC(/C(C)=C\C)C(c1ccc(Cl)cc1/C=C/N1CCNCC1)C1CCN(S(C)(=O)=O)CC1. The molecule has 2 saturated heterocycles. The molecule has 3 rings (SSSR count). The molecule has 2 fully saturated rings. The Hall–Kier alpha value is -1.80. The minimum atomic E-state index is -3.18. The lowest BCUT2D eigenvalue weighted by Crippen LogP contribution is -2.43. The van der Waals surface area contributed by atoms with E-state index in [1.807, 2.05) is 12.1 Å². The third kappa shape index (κ3) is 6.87. The van der Waals surface area contributed by atoms with E-state index in [2.05, 4.69) is 60.4 Å². The highest BCUT2D eigenvalue weighted by molar-refractivity contribution is 7.88. The van der Waals surface area contributed by atoms with Crippen LogP contribution in [-0.4, -0.2) is 69.2 Å². The van der Waals surface area contributed by atoms with Gasteiger partial charge in [-0.05, 0) is 74.3 Å². The van der Waals surface area contributed by atoms with Gasteiger partial charge in [0.25, 0.3) is 0 Å².